The van der Waals surface area contributed by atoms with Gasteiger partial charge in [0.2, 0.25) is 0 Å². The highest BCUT2D eigenvalue weighted by Crippen LogP contribution is 2.47. The maximum atomic E-state index is 13.4. The molecule has 0 radical (unpaired) electrons. The van der Waals surface area contributed by atoms with Crippen molar-refractivity contribution < 1.29 is 23.9 Å². The van der Waals surface area contributed by atoms with Crippen molar-refractivity contribution in [3.8, 4) is 0 Å². The first kappa shape index (κ1) is 22.3. The normalized spacial score (nSPS) is 23.0. The number of hydrogen-bond acceptors (Lipinski definition) is 6. The lowest BCUT2D eigenvalue weighted by atomic mass is 9.68. The van der Waals surface area contributed by atoms with E-state index in [0.717, 1.165) is 49.1 Å². The lowest BCUT2D eigenvalue weighted by molar-refractivity contribution is -0.144. The molecule has 1 aromatic rings. The van der Waals surface area contributed by atoms with Crippen LogP contribution in [-0.4, -0.2) is 30.9 Å². The number of carbonyl (C=O) groups excluding carboxylic acids is 3. The molecule has 32 heavy (non-hydrogen) atoms. The van der Waals surface area contributed by atoms with Crippen molar-refractivity contribution in [2.45, 2.75) is 71.3 Å². The van der Waals surface area contributed by atoms with Crippen LogP contribution in [0.15, 0.2) is 46.8 Å². The van der Waals surface area contributed by atoms with E-state index in [2.05, 4.69) is 19.2 Å². The van der Waals surface area contributed by atoms with Gasteiger partial charge in [0, 0.05) is 29.3 Å². The number of dihydropyridines is 1. The van der Waals surface area contributed by atoms with Crippen molar-refractivity contribution in [2.75, 3.05) is 7.11 Å². The van der Waals surface area contributed by atoms with E-state index in [9.17, 15) is 14.4 Å². The molecule has 0 amide bonds. The van der Waals surface area contributed by atoms with Gasteiger partial charge in [0.05, 0.1) is 18.2 Å². The number of ketones is 1. The fourth-order valence-corrected chi connectivity index (χ4v) is 5.19. The van der Waals surface area contributed by atoms with Crippen LogP contribution in [-0.2, 0) is 19.1 Å². The van der Waals surface area contributed by atoms with Gasteiger partial charge in [-0.25, -0.2) is 9.59 Å². The second-order valence-electron chi connectivity index (χ2n) is 9.86. The third-order valence-electron chi connectivity index (χ3n) is 6.70. The standard InChI is InChI=1S/C26H31NO5/c1-15-21(25(30)32-18-7-5-6-8-18)22(16-9-11-17(12-10-16)24(29)31-4)23-19(27-15)13-26(2,3)14-20(23)28/h9-12,18,22,27H,5-8,13-14H2,1-4H3/t22-/m0/s1. The van der Waals surface area contributed by atoms with Crippen molar-refractivity contribution >= 4 is 17.7 Å². The summed E-state index contributed by atoms with van der Waals surface area (Å²) in [5, 5.41) is 3.36. The van der Waals surface area contributed by atoms with E-state index in [1.54, 1.807) is 24.3 Å². The molecule has 0 bridgehead atoms. The lowest BCUT2D eigenvalue weighted by Crippen LogP contribution is -2.39. The molecule has 4 rings (SSSR count). The number of carbonyl (C=O) groups is 3. The molecule has 1 aliphatic heterocycles. The Labute approximate surface area is 189 Å². The summed E-state index contributed by atoms with van der Waals surface area (Å²) >= 11 is 0. The first-order valence-corrected chi connectivity index (χ1v) is 11.3. The number of rotatable bonds is 4. The predicted octanol–water partition coefficient (Wildman–Crippen LogP) is 4.56. The molecule has 1 saturated carbocycles. The molecular weight excluding hydrogens is 406 g/mol. The van der Waals surface area contributed by atoms with E-state index in [1.165, 1.54) is 7.11 Å². The van der Waals surface area contributed by atoms with Gasteiger partial charge in [-0.15, -0.1) is 0 Å². The molecule has 6 heteroatoms. The Bertz CT molecular complexity index is 1010. The molecule has 0 saturated heterocycles. The van der Waals surface area contributed by atoms with Gasteiger partial charge in [0.15, 0.2) is 5.78 Å². The highest BCUT2D eigenvalue weighted by atomic mass is 16.5. The Balaban J connectivity index is 1.77. The second kappa shape index (κ2) is 8.57. The number of benzene rings is 1. The monoisotopic (exact) mass is 437 g/mol. The summed E-state index contributed by atoms with van der Waals surface area (Å²) in [6.07, 6.45) is 4.98. The van der Waals surface area contributed by atoms with Crippen LogP contribution < -0.4 is 5.32 Å². The van der Waals surface area contributed by atoms with Gasteiger partial charge in [0.25, 0.3) is 0 Å². The fraction of sp³-hybridized carbons (Fsp3) is 0.500. The smallest absolute Gasteiger partial charge is 0.337 e. The minimum absolute atomic E-state index is 0.0458. The maximum Gasteiger partial charge on any atom is 0.337 e. The summed E-state index contributed by atoms with van der Waals surface area (Å²) in [7, 11) is 1.34. The zero-order valence-electron chi connectivity index (χ0n) is 19.2. The van der Waals surface area contributed by atoms with Crippen LogP contribution in [0.3, 0.4) is 0 Å². The molecule has 1 fully saturated rings. The maximum absolute atomic E-state index is 13.4. The molecule has 1 aromatic carbocycles. The summed E-state index contributed by atoms with van der Waals surface area (Å²) in [5.41, 5.74) is 3.78. The molecule has 3 aliphatic rings. The molecule has 0 spiro atoms. The second-order valence-corrected chi connectivity index (χ2v) is 9.86. The molecule has 0 aromatic heterocycles. The van der Waals surface area contributed by atoms with Gasteiger partial charge in [0.1, 0.15) is 6.10 Å². The Morgan fingerprint density at radius 3 is 2.31 bits per heavy atom. The van der Waals surface area contributed by atoms with Crippen LogP contribution in [0.5, 0.6) is 0 Å². The quantitative estimate of drug-likeness (QED) is 0.696. The van der Waals surface area contributed by atoms with E-state index >= 15 is 0 Å². The SMILES string of the molecule is COC(=O)c1ccc([C@H]2C(C(=O)OC3CCCC3)=C(C)NC3=C2C(=O)CC(C)(C)C3)cc1. The molecule has 2 aliphatic carbocycles. The van der Waals surface area contributed by atoms with Crippen molar-refractivity contribution in [2.24, 2.45) is 5.41 Å². The molecular formula is C26H31NO5. The average molecular weight is 438 g/mol. The third kappa shape index (κ3) is 4.23. The summed E-state index contributed by atoms with van der Waals surface area (Å²) in [6, 6.07) is 6.96. The highest BCUT2D eigenvalue weighted by Gasteiger charge is 2.43. The summed E-state index contributed by atoms with van der Waals surface area (Å²) in [4.78, 5) is 38.6. The van der Waals surface area contributed by atoms with E-state index in [0.29, 0.717) is 23.1 Å². The number of nitrogens with one attached hydrogen (secondary N) is 1. The van der Waals surface area contributed by atoms with Gasteiger partial charge in [-0.1, -0.05) is 26.0 Å². The largest absolute Gasteiger partial charge is 0.465 e. The van der Waals surface area contributed by atoms with Gasteiger partial charge in [-0.05, 0) is 62.1 Å². The highest BCUT2D eigenvalue weighted by molar-refractivity contribution is 6.04. The van der Waals surface area contributed by atoms with Crippen LogP contribution in [0.2, 0.25) is 0 Å². The van der Waals surface area contributed by atoms with E-state index < -0.39 is 11.9 Å². The Kier molecular flexibility index (Phi) is 5.97. The van der Waals surface area contributed by atoms with Crippen LogP contribution in [0.1, 0.15) is 81.1 Å². The molecule has 6 nitrogen and oxygen atoms in total. The minimum atomic E-state index is -0.518. The lowest BCUT2D eigenvalue weighted by Gasteiger charge is -2.39. The topological polar surface area (TPSA) is 81.7 Å². The molecule has 1 atom stereocenters. The molecule has 0 unspecified atom stereocenters. The van der Waals surface area contributed by atoms with Gasteiger partial charge in [-0.2, -0.15) is 0 Å². The van der Waals surface area contributed by atoms with Crippen molar-refractivity contribution in [3.05, 3.63) is 57.9 Å². The number of Topliss-reactive ketones (excluding diaryl/α,β-unsaturated/α-hetero) is 1. The molecule has 170 valence electrons. The number of methoxy groups -OCH3 is 1. The van der Waals surface area contributed by atoms with Gasteiger partial charge >= 0.3 is 11.9 Å². The van der Waals surface area contributed by atoms with Crippen LogP contribution in [0.4, 0.5) is 0 Å². The summed E-state index contributed by atoms with van der Waals surface area (Å²) in [6.45, 7) is 6.04. The predicted molar refractivity (Wildman–Crippen MR) is 120 cm³/mol. The Hall–Kier alpha value is -2.89. The van der Waals surface area contributed by atoms with Crippen molar-refractivity contribution in [1.82, 2.24) is 5.32 Å². The Morgan fingerprint density at radius 2 is 1.69 bits per heavy atom. The average Bonchev–Trinajstić information content (AvgIpc) is 3.24. The zero-order chi connectivity index (χ0) is 23.0. The minimum Gasteiger partial charge on any atom is -0.465 e. The Morgan fingerprint density at radius 1 is 1.03 bits per heavy atom. The van der Waals surface area contributed by atoms with E-state index in [1.807, 2.05) is 6.92 Å². The van der Waals surface area contributed by atoms with E-state index in [4.69, 9.17) is 9.47 Å². The van der Waals surface area contributed by atoms with Crippen molar-refractivity contribution in [1.29, 1.82) is 0 Å². The summed E-state index contributed by atoms with van der Waals surface area (Å²) < 4.78 is 10.7. The molecule has 1 heterocycles. The number of ether oxygens (including phenoxy) is 2. The first-order valence-electron chi connectivity index (χ1n) is 11.3. The zero-order valence-corrected chi connectivity index (χ0v) is 19.2. The van der Waals surface area contributed by atoms with Crippen LogP contribution in [0, 0.1) is 5.41 Å². The summed E-state index contributed by atoms with van der Waals surface area (Å²) in [5.74, 6) is -1.27. The number of allylic oxidation sites excluding steroid dienone is 3. The van der Waals surface area contributed by atoms with Gasteiger partial charge in [-0.3, -0.25) is 4.79 Å². The van der Waals surface area contributed by atoms with Crippen molar-refractivity contribution in [3.63, 3.8) is 0 Å². The van der Waals surface area contributed by atoms with Gasteiger partial charge < -0.3 is 14.8 Å². The fourth-order valence-electron chi connectivity index (χ4n) is 5.19. The first-order chi connectivity index (χ1) is 15.2. The number of esters is 2. The van der Waals surface area contributed by atoms with Crippen LogP contribution >= 0.6 is 0 Å². The third-order valence-corrected chi connectivity index (χ3v) is 6.70. The van der Waals surface area contributed by atoms with Crippen LogP contribution in [0.25, 0.3) is 0 Å². The number of hydrogen-bond donors (Lipinski definition) is 1. The molecule has 1 N–H and O–H groups in total. The van der Waals surface area contributed by atoms with E-state index in [-0.39, 0.29) is 23.3 Å².